The van der Waals surface area contributed by atoms with Crippen LogP contribution in [0.2, 0.25) is 0 Å². The van der Waals surface area contributed by atoms with Gasteiger partial charge in [-0.3, -0.25) is 0 Å². The van der Waals surface area contributed by atoms with Crippen molar-refractivity contribution in [2.75, 3.05) is 0 Å². The highest BCUT2D eigenvalue weighted by Gasteiger charge is 2.41. The molecule has 6 nitrogen and oxygen atoms in total. The second-order valence-electron chi connectivity index (χ2n) is 6.84. The molecule has 3 heterocycles. The number of nitrogens with zero attached hydrogens (tertiary/aromatic N) is 3. The van der Waals surface area contributed by atoms with E-state index in [4.69, 9.17) is 10.00 Å². The Morgan fingerprint density at radius 3 is 2.85 bits per heavy atom. The summed E-state index contributed by atoms with van der Waals surface area (Å²) in [6.07, 6.45) is 1.98. The Hall–Kier alpha value is -2.72. The Morgan fingerprint density at radius 1 is 1.23 bits per heavy atom. The van der Waals surface area contributed by atoms with Gasteiger partial charge in [0.2, 0.25) is 5.88 Å². The number of aromatic nitrogens is 2. The molecule has 2 aliphatic heterocycles. The average molecular weight is 354 g/mol. The van der Waals surface area contributed by atoms with Crippen LogP contribution >= 0.6 is 0 Å². The number of hydrogen-bond donors (Lipinski definition) is 2. The molecule has 7 heteroatoms. The van der Waals surface area contributed by atoms with Crippen LogP contribution in [-0.4, -0.2) is 39.7 Å². The molecule has 4 atom stereocenters. The number of alkyl halides is 1. The van der Waals surface area contributed by atoms with E-state index < -0.39 is 12.3 Å². The highest BCUT2D eigenvalue weighted by Crippen LogP contribution is 2.31. The number of ether oxygens (including phenoxy) is 1. The number of nitrogens with one attached hydrogen (secondary N) is 1. The smallest absolute Gasteiger partial charge is 0.233 e. The molecule has 0 saturated carbocycles. The van der Waals surface area contributed by atoms with Crippen molar-refractivity contribution in [3.63, 3.8) is 0 Å². The summed E-state index contributed by atoms with van der Waals surface area (Å²) in [6, 6.07) is 10.0. The van der Waals surface area contributed by atoms with Gasteiger partial charge in [-0.1, -0.05) is 6.42 Å². The summed E-state index contributed by atoms with van der Waals surface area (Å²) < 4.78 is 20.3. The number of nitriles is 1. The van der Waals surface area contributed by atoms with E-state index in [9.17, 15) is 9.50 Å². The Balaban J connectivity index is 1.49. The Bertz CT molecular complexity index is 836. The molecule has 2 aromatic rings. The largest absolute Gasteiger partial charge is 0.507 e. The molecule has 2 unspecified atom stereocenters. The van der Waals surface area contributed by atoms with Crippen LogP contribution in [0.25, 0.3) is 11.3 Å². The highest BCUT2D eigenvalue weighted by molar-refractivity contribution is 5.67. The third-order valence-electron chi connectivity index (χ3n) is 5.09. The summed E-state index contributed by atoms with van der Waals surface area (Å²) >= 11 is 0. The zero-order valence-electron chi connectivity index (χ0n) is 14.1. The predicted octanol–water partition coefficient (Wildman–Crippen LogP) is 2.72. The Morgan fingerprint density at radius 2 is 2.12 bits per heavy atom. The fraction of sp³-hybridized carbons (Fsp3) is 0.421. The minimum atomic E-state index is -1.06. The molecule has 1 aromatic carbocycles. The fourth-order valence-corrected chi connectivity index (χ4v) is 3.77. The molecule has 0 spiro atoms. The molecule has 0 radical (unpaired) electrons. The third-order valence-corrected chi connectivity index (χ3v) is 5.09. The first kappa shape index (κ1) is 16.7. The number of phenols is 1. The molecule has 0 amide bonds. The van der Waals surface area contributed by atoms with Gasteiger partial charge in [0, 0.05) is 30.1 Å². The number of aromatic hydroxyl groups is 1. The van der Waals surface area contributed by atoms with Crippen LogP contribution in [0.3, 0.4) is 0 Å². The third kappa shape index (κ3) is 3.20. The second kappa shape index (κ2) is 6.89. The maximum absolute atomic E-state index is 14.6. The van der Waals surface area contributed by atoms with Gasteiger partial charge < -0.3 is 15.2 Å². The van der Waals surface area contributed by atoms with Gasteiger partial charge in [-0.2, -0.15) is 5.26 Å². The first-order valence-electron chi connectivity index (χ1n) is 8.78. The summed E-state index contributed by atoms with van der Waals surface area (Å²) in [5, 5.41) is 30.3. The first-order chi connectivity index (χ1) is 12.6. The minimum absolute atomic E-state index is 0.0398. The Labute approximate surface area is 150 Å². The summed E-state index contributed by atoms with van der Waals surface area (Å²) in [5.41, 5.74) is 1.30. The van der Waals surface area contributed by atoms with Gasteiger partial charge in [0.05, 0.1) is 17.3 Å². The van der Waals surface area contributed by atoms with Crippen LogP contribution in [0.4, 0.5) is 4.39 Å². The van der Waals surface area contributed by atoms with Crippen LogP contribution in [-0.2, 0) is 0 Å². The van der Waals surface area contributed by atoms with Crippen molar-refractivity contribution < 1.29 is 14.2 Å². The van der Waals surface area contributed by atoms with Gasteiger partial charge in [-0.05, 0) is 37.1 Å². The standard InChI is InChI=1S/C19H19FN4O2/c20-19-15-3-1-2-12(22-15)9-17(19)26-18-7-6-14(23-24-18)13-5-4-11(10-21)8-16(13)25/h4-8,12,15,17,19,22,25H,1-3,9H2/t12?,15?,17-,19+/m1/s1. The fourth-order valence-electron chi connectivity index (χ4n) is 3.77. The summed E-state index contributed by atoms with van der Waals surface area (Å²) in [6.45, 7) is 0. The van der Waals surface area contributed by atoms with Gasteiger partial charge in [0.1, 0.15) is 11.9 Å². The predicted molar refractivity (Wildman–Crippen MR) is 92.3 cm³/mol. The van der Waals surface area contributed by atoms with E-state index in [0.29, 0.717) is 29.3 Å². The van der Waals surface area contributed by atoms with Crippen molar-refractivity contribution in [3.05, 3.63) is 35.9 Å². The topological polar surface area (TPSA) is 91.1 Å². The van der Waals surface area contributed by atoms with Gasteiger partial charge in [0.25, 0.3) is 0 Å². The molecule has 2 N–H and O–H groups in total. The summed E-state index contributed by atoms with van der Waals surface area (Å²) in [5.74, 6) is 0.233. The van der Waals surface area contributed by atoms with E-state index in [2.05, 4.69) is 15.5 Å². The number of fused-ring (bicyclic) bond motifs is 2. The van der Waals surface area contributed by atoms with E-state index in [1.165, 1.54) is 6.07 Å². The van der Waals surface area contributed by atoms with Crippen LogP contribution in [0.15, 0.2) is 30.3 Å². The lowest BCUT2D eigenvalue weighted by atomic mass is 9.84. The lowest BCUT2D eigenvalue weighted by Crippen LogP contribution is -2.59. The SMILES string of the molecule is N#Cc1ccc(-c2ccc(O[C@@H]3CC4CCCC(N4)[C@@H]3F)nn2)c(O)c1. The van der Waals surface area contributed by atoms with Crippen molar-refractivity contribution in [1.29, 1.82) is 5.26 Å². The van der Waals surface area contributed by atoms with Crippen LogP contribution in [0.1, 0.15) is 31.2 Å². The quantitative estimate of drug-likeness (QED) is 0.881. The van der Waals surface area contributed by atoms with Crippen molar-refractivity contribution >= 4 is 0 Å². The van der Waals surface area contributed by atoms with E-state index in [1.807, 2.05) is 6.07 Å². The normalized spacial score (nSPS) is 27.5. The number of phenolic OH excluding ortho intramolecular Hbond substituents is 1. The highest BCUT2D eigenvalue weighted by atomic mass is 19.1. The number of piperidine rings is 2. The lowest BCUT2D eigenvalue weighted by Gasteiger charge is -2.42. The Kier molecular flexibility index (Phi) is 4.43. The van der Waals surface area contributed by atoms with E-state index >= 15 is 0 Å². The first-order valence-corrected chi connectivity index (χ1v) is 8.78. The maximum atomic E-state index is 14.6. The molecule has 4 rings (SSSR count). The molecule has 1 aromatic heterocycles. The van der Waals surface area contributed by atoms with Crippen LogP contribution in [0, 0.1) is 11.3 Å². The average Bonchev–Trinajstić information content (AvgIpc) is 2.67. The minimum Gasteiger partial charge on any atom is -0.507 e. The second-order valence-corrected chi connectivity index (χ2v) is 6.84. The molecule has 26 heavy (non-hydrogen) atoms. The van der Waals surface area contributed by atoms with Crippen molar-refractivity contribution in [2.45, 2.75) is 50.0 Å². The van der Waals surface area contributed by atoms with Crippen molar-refractivity contribution in [1.82, 2.24) is 15.5 Å². The molecular formula is C19H19FN4O2. The van der Waals surface area contributed by atoms with Crippen molar-refractivity contribution in [3.8, 4) is 29.0 Å². The summed E-state index contributed by atoms with van der Waals surface area (Å²) in [4.78, 5) is 0. The molecule has 134 valence electrons. The van der Waals surface area contributed by atoms with Crippen LogP contribution < -0.4 is 10.1 Å². The summed E-state index contributed by atoms with van der Waals surface area (Å²) in [7, 11) is 0. The molecule has 2 saturated heterocycles. The molecular weight excluding hydrogens is 335 g/mol. The van der Waals surface area contributed by atoms with E-state index in [0.717, 1.165) is 19.3 Å². The van der Waals surface area contributed by atoms with Gasteiger partial charge in [-0.25, -0.2) is 4.39 Å². The maximum Gasteiger partial charge on any atom is 0.233 e. The molecule has 0 aliphatic carbocycles. The van der Waals surface area contributed by atoms with Crippen molar-refractivity contribution in [2.24, 2.45) is 0 Å². The number of hydrogen-bond acceptors (Lipinski definition) is 6. The number of rotatable bonds is 3. The molecule has 2 bridgehead atoms. The number of benzene rings is 1. The van der Waals surface area contributed by atoms with Crippen LogP contribution in [0.5, 0.6) is 11.6 Å². The van der Waals surface area contributed by atoms with Gasteiger partial charge in [0.15, 0.2) is 6.17 Å². The zero-order chi connectivity index (χ0) is 18.1. The lowest BCUT2D eigenvalue weighted by molar-refractivity contribution is 0.00652. The zero-order valence-corrected chi connectivity index (χ0v) is 14.1. The van der Waals surface area contributed by atoms with E-state index in [1.54, 1.807) is 24.3 Å². The van der Waals surface area contributed by atoms with E-state index in [-0.39, 0.29) is 17.7 Å². The van der Waals surface area contributed by atoms with Gasteiger partial charge >= 0.3 is 0 Å². The monoisotopic (exact) mass is 354 g/mol. The molecule has 2 aliphatic rings. The van der Waals surface area contributed by atoms with Gasteiger partial charge in [-0.15, -0.1) is 10.2 Å². The number of halogens is 1. The molecule has 2 fully saturated rings.